The van der Waals surface area contributed by atoms with E-state index < -0.39 is 21.5 Å². The number of para-hydroxylation sites is 1. The molecule has 2 aromatic rings. The number of rotatable bonds is 6. The van der Waals surface area contributed by atoms with Crippen molar-refractivity contribution in [2.75, 3.05) is 11.1 Å². The lowest BCUT2D eigenvalue weighted by Crippen LogP contribution is -2.23. The Labute approximate surface area is 129 Å². The average Bonchev–Trinajstić information content (AvgIpc) is 2.47. The highest BCUT2D eigenvalue weighted by Crippen LogP contribution is 2.11. The summed E-state index contributed by atoms with van der Waals surface area (Å²) in [7, 11) is -3.57. The maximum absolute atomic E-state index is 12.1. The van der Waals surface area contributed by atoms with E-state index in [-0.39, 0.29) is 12.4 Å². The third-order valence-corrected chi connectivity index (χ3v) is 4.44. The van der Waals surface area contributed by atoms with Crippen LogP contribution in [0.3, 0.4) is 0 Å². The lowest BCUT2D eigenvalue weighted by atomic mass is 10.1. The molecule has 0 aliphatic rings. The Morgan fingerprint density at radius 3 is 2.36 bits per heavy atom. The number of nitrogens with one attached hydrogen (secondary N) is 1. The van der Waals surface area contributed by atoms with Gasteiger partial charge in [-0.05, 0) is 23.3 Å². The number of aliphatic hydroxyl groups is 1. The first-order valence-corrected chi connectivity index (χ1v) is 8.55. The zero-order chi connectivity index (χ0) is 16.0. The van der Waals surface area contributed by atoms with E-state index in [2.05, 4.69) is 5.32 Å². The van der Waals surface area contributed by atoms with Gasteiger partial charge in [-0.25, -0.2) is 8.42 Å². The van der Waals surface area contributed by atoms with Crippen LogP contribution in [0.5, 0.6) is 0 Å². The molecule has 22 heavy (non-hydrogen) atoms. The van der Waals surface area contributed by atoms with Gasteiger partial charge in [-0.3, -0.25) is 4.79 Å². The lowest BCUT2D eigenvalue weighted by Gasteiger charge is -2.07. The number of amides is 1. The van der Waals surface area contributed by atoms with Crippen LogP contribution >= 0.6 is 0 Å². The lowest BCUT2D eigenvalue weighted by molar-refractivity contribution is -0.113. The van der Waals surface area contributed by atoms with Crippen LogP contribution < -0.4 is 5.32 Å². The quantitative estimate of drug-likeness (QED) is 0.849. The van der Waals surface area contributed by atoms with Gasteiger partial charge < -0.3 is 10.4 Å². The molecular formula is C16H17NO4S. The van der Waals surface area contributed by atoms with Gasteiger partial charge in [0.1, 0.15) is 5.75 Å². The van der Waals surface area contributed by atoms with E-state index in [1.165, 1.54) is 0 Å². The molecule has 0 heterocycles. The molecule has 0 bridgehead atoms. The number of hydrogen-bond donors (Lipinski definition) is 2. The Hall–Kier alpha value is -2.18. The monoisotopic (exact) mass is 319 g/mol. The largest absolute Gasteiger partial charge is 0.392 e. The number of aliphatic hydroxyl groups excluding tert-OH is 1. The molecule has 5 nitrogen and oxygen atoms in total. The van der Waals surface area contributed by atoms with Gasteiger partial charge in [0.25, 0.3) is 0 Å². The number of sulfone groups is 1. The fourth-order valence-electron chi connectivity index (χ4n) is 2.04. The normalized spacial score (nSPS) is 11.1. The summed E-state index contributed by atoms with van der Waals surface area (Å²) in [6, 6.07) is 15.4. The zero-order valence-electron chi connectivity index (χ0n) is 11.9. The molecule has 0 aliphatic heterocycles. The summed E-state index contributed by atoms with van der Waals surface area (Å²) in [6.45, 7) is -0.150. The van der Waals surface area contributed by atoms with Gasteiger partial charge in [-0.15, -0.1) is 0 Å². The number of carbonyl (C=O) groups is 1. The Morgan fingerprint density at radius 1 is 1.00 bits per heavy atom. The van der Waals surface area contributed by atoms with E-state index in [4.69, 9.17) is 5.11 Å². The van der Waals surface area contributed by atoms with Crippen molar-refractivity contribution in [1.82, 2.24) is 0 Å². The summed E-state index contributed by atoms with van der Waals surface area (Å²) < 4.78 is 24.2. The molecule has 0 fully saturated rings. The second-order valence-corrected chi connectivity index (χ2v) is 6.99. The highest BCUT2D eigenvalue weighted by atomic mass is 32.2. The molecule has 0 spiro atoms. The predicted octanol–water partition coefficient (Wildman–Crippen LogP) is 1.73. The van der Waals surface area contributed by atoms with Crippen LogP contribution in [-0.2, 0) is 27.0 Å². The van der Waals surface area contributed by atoms with E-state index >= 15 is 0 Å². The van der Waals surface area contributed by atoms with E-state index in [1.807, 2.05) is 0 Å². The second kappa shape index (κ2) is 7.20. The van der Waals surface area contributed by atoms with Crippen LogP contribution in [0.15, 0.2) is 54.6 Å². The number of hydrogen-bond acceptors (Lipinski definition) is 4. The van der Waals surface area contributed by atoms with Crippen LogP contribution in [0.4, 0.5) is 5.69 Å². The van der Waals surface area contributed by atoms with Crippen LogP contribution in [-0.4, -0.2) is 25.2 Å². The molecule has 2 aromatic carbocycles. The Kier molecular flexibility index (Phi) is 5.30. The maximum atomic E-state index is 12.1. The molecule has 0 saturated carbocycles. The fraction of sp³-hybridized carbons (Fsp3) is 0.188. The van der Waals surface area contributed by atoms with Crippen molar-refractivity contribution in [3.05, 3.63) is 65.7 Å². The van der Waals surface area contributed by atoms with Crippen molar-refractivity contribution in [3.63, 3.8) is 0 Å². The minimum absolute atomic E-state index is 0.150. The number of carbonyl (C=O) groups excluding carboxylic acids is 1. The summed E-state index contributed by atoms with van der Waals surface area (Å²) in [5.74, 6) is -1.38. The van der Waals surface area contributed by atoms with Crippen LogP contribution in [0.2, 0.25) is 0 Å². The second-order valence-electron chi connectivity index (χ2n) is 4.92. The molecule has 2 N–H and O–H groups in total. The van der Waals surface area contributed by atoms with Crippen molar-refractivity contribution >= 4 is 21.4 Å². The van der Waals surface area contributed by atoms with Crippen molar-refractivity contribution < 1.29 is 18.3 Å². The molecule has 2 rings (SSSR count). The van der Waals surface area contributed by atoms with Gasteiger partial charge in [-0.1, -0.05) is 42.5 Å². The molecule has 6 heteroatoms. The topological polar surface area (TPSA) is 83.5 Å². The fourth-order valence-corrected chi connectivity index (χ4v) is 3.30. The van der Waals surface area contributed by atoms with Crippen molar-refractivity contribution in [3.8, 4) is 0 Å². The Balaban J connectivity index is 1.99. The molecule has 0 aliphatic carbocycles. The Morgan fingerprint density at radius 2 is 1.68 bits per heavy atom. The molecule has 0 saturated heterocycles. The third kappa shape index (κ3) is 4.98. The minimum atomic E-state index is -3.57. The van der Waals surface area contributed by atoms with Gasteiger partial charge >= 0.3 is 0 Å². The smallest absolute Gasteiger partial charge is 0.239 e. The molecule has 0 aromatic heterocycles. The van der Waals surface area contributed by atoms with Gasteiger partial charge in [-0.2, -0.15) is 0 Å². The SMILES string of the molecule is O=C(CS(=O)(=O)Cc1cccc(CO)c1)Nc1ccccc1. The number of anilines is 1. The van der Waals surface area contributed by atoms with Gasteiger partial charge in [0.2, 0.25) is 5.91 Å². The Bertz CT molecular complexity index is 742. The van der Waals surface area contributed by atoms with E-state index in [0.29, 0.717) is 16.8 Å². The van der Waals surface area contributed by atoms with E-state index in [9.17, 15) is 13.2 Å². The van der Waals surface area contributed by atoms with Crippen LogP contribution in [0.1, 0.15) is 11.1 Å². The molecule has 0 atom stereocenters. The predicted molar refractivity (Wildman–Crippen MR) is 84.9 cm³/mol. The van der Waals surface area contributed by atoms with Crippen LogP contribution in [0.25, 0.3) is 0 Å². The standard InChI is InChI=1S/C16H17NO4S/c18-10-13-5-4-6-14(9-13)11-22(20,21)12-16(19)17-15-7-2-1-3-8-15/h1-9,18H,10-12H2,(H,17,19). The van der Waals surface area contributed by atoms with Gasteiger partial charge in [0.05, 0.1) is 12.4 Å². The number of benzene rings is 2. The molecular weight excluding hydrogens is 302 g/mol. The molecule has 0 radical (unpaired) electrons. The summed E-state index contributed by atoms with van der Waals surface area (Å²) in [5.41, 5.74) is 1.76. The third-order valence-electron chi connectivity index (χ3n) is 2.97. The first kappa shape index (κ1) is 16.2. The zero-order valence-corrected chi connectivity index (χ0v) is 12.7. The summed E-state index contributed by atoms with van der Waals surface area (Å²) in [6.07, 6.45) is 0. The highest BCUT2D eigenvalue weighted by Gasteiger charge is 2.17. The maximum Gasteiger partial charge on any atom is 0.239 e. The average molecular weight is 319 g/mol. The first-order valence-electron chi connectivity index (χ1n) is 6.72. The van der Waals surface area contributed by atoms with Crippen molar-refractivity contribution in [2.24, 2.45) is 0 Å². The van der Waals surface area contributed by atoms with Crippen LogP contribution in [0, 0.1) is 0 Å². The van der Waals surface area contributed by atoms with Crippen molar-refractivity contribution in [2.45, 2.75) is 12.4 Å². The molecule has 0 unspecified atom stereocenters. The molecule has 1 amide bonds. The van der Waals surface area contributed by atoms with Gasteiger partial charge in [0.15, 0.2) is 9.84 Å². The summed E-state index contributed by atoms with van der Waals surface area (Å²) in [5, 5.41) is 11.6. The van der Waals surface area contributed by atoms with E-state index in [1.54, 1.807) is 54.6 Å². The van der Waals surface area contributed by atoms with Gasteiger partial charge in [0, 0.05) is 5.69 Å². The first-order chi connectivity index (χ1) is 10.5. The highest BCUT2D eigenvalue weighted by molar-refractivity contribution is 7.91. The summed E-state index contributed by atoms with van der Waals surface area (Å²) >= 11 is 0. The minimum Gasteiger partial charge on any atom is -0.392 e. The van der Waals surface area contributed by atoms with Crippen molar-refractivity contribution in [1.29, 1.82) is 0 Å². The molecule has 116 valence electrons. The van der Waals surface area contributed by atoms with E-state index in [0.717, 1.165) is 0 Å². The summed E-state index contributed by atoms with van der Waals surface area (Å²) in [4.78, 5) is 11.8.